The van der Waals surface area contributed by atoms with Gasteiger partial charge < -0.3 is 4.74 Å². The number of benzene rings is 2. The maximum Gasteiger partial charge on any atom is 0.186 e. The number of fused-ring (bicyclic) bond motifs is 2. The highest BCUT2D eigenvalue weighted by atomic mass is 16.5. The van der Waals surface area contributed by atoms with Gasteiger partial charge in [0.2, 0.25) is 0 Å². The number of rotatable bonds is 1. The molecule has 0 N–H and O–H groups in total. The normalized spacial score (nSPS) is 23.4. The zero-order valence-corrected chi connectivity index (χ0v) is 11.2. The number of carbonyl (C=O) groups excluding carboxylic acids is 1. The van der Waals surface area contributed by atoms with Gasteiger partial charge in [0, 0.05) is 5.56 Å². The van der Waals surface area contributed by atoms with Gasteiger partial charge in [-0.15, -0.1) is 0 Å². The molecule has 98 valence electrons. The van der Waals surface area contributed by atoms with Crippen LogP contribution in [0.5, 0.6) is 0 Å². The number of ketones is 1. The summed E-state index contributed by atoms with van der Waals surface area (Å²) < 4.78 is 6.10. The molecule has 20 heavy (non-hydrogen) atoms. The van der Waals surface area contributed by atoms with Crippen molar-refractivity contribution in [2.75, 3.05) is 0 Å². The van der Waals surface area contributed by atoms with E-state index in [2.05, 4.69) is 19.1 Å². The van der Waals surface area contributed by atoms with Gasteiger partial charge in [-0.25, -0.2) is 0 Å². The van der Waals surface area contributed by atoms with E-state index in [-0.39, 0.29) is 18.0 Å². The van der Waals surface area contributed by atoms with Crippen LogP contribution in [0.15, 0.2) is 54.6 Å². The van der Waals surface area contributed by atoms with Gasteiger partial charge in [-0.3, -0.25) is 4.79 Å². The van der Waals surface area contributed by atoms with E-state index in [1.54, 1.807) is 6.08 Å². The Hall–Kier alpha value is -2.19. The molecule has 2 unspecified atom stereocenters. The average molecular weight is 262 g/mol. The van der Waals surface area contributed by atoms with Crippen LogP contribution in [0.1, 0.15) is 46.2 Å². The van der Waals surface area contributed by atoms with Crippen LogP contribution in [0.4, 0.5) is 0 Å². The van der Waals surface area contributed by atoms with E-state index >= 15 is 0 Å². The lowest BCUT2D eigenvalue weighted by Gasteiger charge is -2.15. The van der Waals surface area contributed by atoms with Crippen molar-refractivity contribution >= 4 is 11.4 Å². The number of hydrogen-bond acceptors (Lipinski definition) is 2. The van der Waals surface area contributed by atoms with Crippen molar-refractivity contribution in [1.82, 2.24) is 0 Å². The van der Waals surface area contributed by atoms with E-state index in [4.69, 9.17) is 4.74 Å². The topological polar surface area (TPSA) is 26.3 Å². The molecule has 0 bridgehead atoms. The molecule has 2 aromatic rings. The Labute approximate surface area is 117 Å². The number of hydrogen-bond donors (Lipinski definition) is 0. The molecule has 0 spiro atoms. The van der Waals surface area contributed by atoms with Crippen LogP contribution in [0.2, 0.25) is 0 Å². The Balaban J connectivity index is 1.85. The summed E-state index contributed by atoms with van der Waals surface area (Å²) in [6.07, 6.45) is 1.67. The first kappa shape index (κ1) is 11.6. The highest BCUT2D eigenvalue weighted by Gasteiger charge is 2.35. The summed E-state index contributed by atoms with van der Waals surface area (Å²) in [5.74, 6) is 0.0798. The maximum atomic E-state index is 12.1. The third kappa shape index (κ3) is 1.52. The Bertz CT molecular complexity index is 743. The molecule has 2 heteroatoms. The lowest BCUT2D eigenvalue weighted by molar-refractivity contribution is 0.0554. The molecule has 2 aliphatic rings. The summed E-state index contributed by atoms with van der Waals surface area (Å²) in [6, 6.07) is 16.0. The van der Waals surface area contributed by atoms with Crippen LogP contribution in [0.25, 0.3) is 5.57 Å². The summed E-state index contributed by atoms with van der Waals surface area (Å²) in [7, 11) is 0. The van der Waals surface area contributed by atoms with Gasteiger partial charge in [-0.2, -0.15) is 0 Å². The predicted octanol–water partition coefficient (Wildman–Crippen LogP) is 4.10. The van der Waals surface area contributed by atoms with Crippen molar-refractivity contribution in [3.63, 3.8) is 0 Å². The third-order valence-corrected chi connectivity index (χ3v) is 4.13. The van der Waals surface area contributed by atoms with E-state index < -0.39 is 0 Å². The molecular formula is C18H14O2. The molecule has 0 fully saturated rings. The first-order chi connectivity index (χ1) is 9.75. The van der Waals surface area contributed by atoms with Gasteiger partial charge >= 0.3 is 0 Å². The van der Waals surface area contributed by atoms with Crippen molar-refractivity contribution in [1.29, 1.82) is 0 Å². The average Bonchev–Trinajstić information content (AvgIpc) is 2.99. The van der Waals surface area contributed by atoms with Crippen LogP contribution in [-0.2, 0) is 4.74 Å². The van der Waals surface area contributed by atoms with Gasteiger partial charge in [0.05, 0.1) is 6.10 Å². The predicted molar refractivity (Wildman–Crippen MR) is 77.4 cm³/mol. The number of allylic oxidation sites excluding steroid dienone is 1. The fourth-order valence-electron chi connectivity index (χ4n) is 3.17. The Morgan fingerprint density at radius 1 is 0.900 bits per heavy atom. The van der Waals surface area contributed by atoms with E-state index in [1.165, 1.54) is 11.1 Å². The minimum atomic E-state index is -0.131. The second-order valence-electron chi connectivity index (χ2n) is 5.30. The van der Waals surface area contributed by atoms with Crippen LogP contribution in [0.3, 0.4) is 0 Å². The summed E-state index contributed by atoms with van der Waals surface area (Å²) in [5, 5.41) is 0. The standard InChI is InChI=1S/C18H14O2/c1-11-12-6-2-5-9-15(12)18(20-11)16-10-17(19)14-8-4-3-7-13(14)16/h2-11,18H,1H3. The lowest BCUT2D eigenvalue weighted by atomic mass is 9.94. The van der Waals surface area contributed by atoms with Crippen LogP contribution < -0.4 is 0 Å². The van der Waals surface area contributed by atoms with Gasteiger partial charge in [0.1, 0.15) is 6.10 Å². The fourth-order valence-corrected chi connectivity index (χ4v) is 3.17. The molecule has 2 aromatic carbocycles. The molecule has 0 radical (unpaired) electrons. The third-order valence-electron chi connectivity index (χ3n) is 4.13. The number of ether oxygens (including phenoxy) is 1. The largest absolute Gasteiger partial charge is 0.361 e. The maximum absolute atomic E-state index is 12.1. The molecule has 0 saturated carbocycles. The van der Waals surface area contributed by atoms with Gasteiger partial charge in [0.15, 0.2) is 5.78 Å². The van der Waals surface area contributed by atoms with Crippen LogP contribution in [-0.4, -0.2) is 5.78 Å². The molecule has 2 nitrogen and oxygen atoms in total. The molecule has 1 heterocycles. The Kier molecular flexibility index (Phi) is 2.41. The smallest absolute Gasteiger partial charge is 0.186 e. The van der Waals surface area contributed by atoms with E-state index in [0.717, 1.165) is 16.7 Å². The highest BCUT2D eigenvalue weighted by Crippen LogP contribution is 2.47. The Morgan fingerprint density at radius 3 is 2.35 bits per heavy atom. The second-order valence-corrected chi connectivity index (χ2v) is 5.30. The molecule has 1 aliphatic carbocycles. The molecule has 4 rings (SSSR count). The van der Waals surface area contributed by atoms with Crippen molar-refractivity contribution in [3.05, 3.63) is 76.9 Å². The molecule has 0 amide bonds. The molecule has 2 atom stereocenters. The lowest BCUT2D eigenvalue weighted by Crippen LogP contribution is -1.99. The zero-order valence-electron chi connectivity index (χ0n) is 11.2. The van der Waals surface area contributed by atoms with Gasteiger partial charge in [-0.1, -0.05) is 48.5 Å². The SMILES string of the molecule is CC1OC(C2=CC(=O)c3ccccc32)c2ccccc21. The first-order valence-electron chi connectivity index (χ1n) is 6.85. The van der Waals surface area contributed by atoms with Crippen LogP contribution >= 0.6 is 0 Å². The van der Waals surface area contributed by atoms with Crippen LogP contribution in [0, 0.1) is 0 Å². The fraction of sp³-hybridized carbons (Fsp3) is 0.167. The number of carbonyl (C=O) groups is 1. The van der Waals surface area contributed by atoms with Crippen molar-refractivity contribution in [2.45, 2.75) is 19.1 Å². The summed E-state index contributed by atoms with van der Waals surface area (Å²) in [6.45, 7) is 2.06. The van der Waals surface area contributed by atoms with E-state index in [9.17, 15) is 4.79 Å². The highest BCUT2D eigenvalue weighted by molar-refractivity contribution is 6.17. The second kappa shape index (κ2) is 4.15. The Morgan fingerprint density at radius 2 is 1.55 bits per heavy atom. The molecule has 0 saturated heterocycles. The molecule has 0 aromatic heterocycles. The van der Waals surface area contributed by atoms with E-state index in [1.807, 2.05) is 36.4 Å². The van der Waals surface area contributed by atoms with E-state index in [0.29, 0.717) is 0 Å². The van der Waals surface area contributed by atoms with Gasteiger partial charge in [0.25, 0.3) is 0 Å². The van der Waals surface area contributed by atoms with Gasteiger partial charge in [-0.05, 0) is 35.3 Å². The zero-order chi connectivity index (χ0) is 13.7. The minimum absolute atomic E-state index is 0.0694. The van der Waals surface area contributed by atoms with Crippen molar-refractivity contribution in [2.24, 2.45) is 0 Å². The van der Waals surface area contributed by atoms with Crippen molar-refractivity contribution < 1.29 is 9.53 Å². The first-order valence-corrected chi connectivity index (χ1v) is 6.85. The molecule has 1 aliphatic heterocycles. The van der Waals surface area contributed by atoms with Crippen molar-refractivity contribution in [3.8, 4) is 0 Å². The quantitative estimate of drug-likeness (QED) is 0.773. The molecular weight excluding hydrogens is 248 g/mol. The monoisotopic (exact) mass is 262 g/mol. The minimum Gasteiger partial charge on any atom is -0.361 e. The summed E-state index contributed by atoms with van der Waals surface area (Å²) >= 11 is 0. The summed E-state index contributed by atoms with van der Waals surface area (Å²) in [5.41, 5.74) is 5.17. The summed E-state index contributed by atoms with van der Waals surface area (Å²) in [4.78, 5) is 12.1.